The summed E-state index contributed by atoms with van der Waals surface area (Å²) in [5.74, 6) is 1.75. The van der Waals surface area contributed by atoms with Crippen molar-refractivity contribution in [2.24, 2.45) is 0 Å². The molecule has 0 aliphatic heterocycles. The molecule has 2 aromatic carbocycles. The zero-order valence-electron chi connectivity index (χ0n) is 12.7. The first kappa shape index (κ1) is 14.4. The summed E-state index contributed by atoms with van der Waals surface area (Å²) in [5, 5.41) is 0. The molecule has 0 atom stereocenters. The summed E-state index contributed by atoms with van der Waals surface area (Å²) in [6.45, 7) is 8.75. The van der Waals surface area contributed by atoms with Crippen molar-refractivity contribution in [3.05, 3.63) is 53.6 Å². The Bertz CT molecular complexity index is 579. The molecule has 2 aromatic rings. The number of anilines is 1. The molecule has 0 aromatic heterocycles. The highest BCUT2D eigenvalue weighted by atomic mass is 16.5. The lowest BCUT2D eigenvalue weighted by Gasteiger charge is -2.23. The predicted molar refractivity (Wildman–Crippen MR) is 85.4 cm³/mol. The number of rotatable bonds is 3. The van der Waals surface area contributed by atoms with E-state index >= 15 is 0 Å². The summed E-state index contributed by atoms with van der Waals surface area (Å²) in [5.41, 5.74) is 9.00. The lowest BCUT2D eigenvalue weighted by Crippen LogP contribution is -2.12. The molecule has 0 spiro atoms. The molecule has 0 unspecified atom stereocenters. The van der Waals surface area contributed by atoms with E-state index in [1.54, 1.807) is 0 Å². The molecule has 2 nitrogen and oxygen atoms in total. The van der Waals surface area contributed by atoms with Gasteiger partial charge < -0.3 is 10.5 Å². The largest absolute Gasteiger partial charge is 0.457 e. The van der Waals surface area contributed by atoms with Gasteiger partial charge in [0, 0.05) is 11.3 Å². The monoisotopic (exact) mass is 269 g/mol. The van der Waals surface area contributed by atoms with Gasteiger partial charge in [-0.15, -0.1) is 0 Å². The zero-order chi connectivity index (χ0) is 14.8. The predicted octanol–water partition coefficient (Wildman–Crippen LogP) is 4.92. The second-order valence-electron chi connectivity index (χ2n) is 6.11. The number of nitrogens with two attached hydrogens (primary N) is 1. The van der Waals surface area contributed by atoms with Crippen LogP contribution in [0.25, 0.3) is 0 Å². The van der Waals surface area contributed by atoms with Gasteiger partial charge in [0.05, 0.1) is 0 Å². The molecule has 0 fully saturated rings. The lowest BCUT2D eigenvalue weighted by atomic mass is 9.85. The molecule has 106 valence electrons. The third kappa shape index (κ3) is 3.32. The van der Waals surface area contributed by atoms with Gasteiger partial charge in [0.25, 0.3) is 0 Å². The van der Waals surface area contributed by atoms with Gasteiger partial charge in [0.15, 0.2) is 0 Å². The minimum absolute atomic E-state index is 0.0510. The third-order valence-electron chi connectivity index (χ3n) is 3.37. The summed E-state index contributed by atoms with van der Waals surface area (Å²) in [7, 11) is 0. The number of ether oxygens (including phenoxy) is 1. The van der Waals surface area contributed by atoms with Gasteiger partial charge in [0.2, 0.25) is 0 Å². The molecule has 0 heterocycles. The van der Waals surface area contributed by atoms with Crippen molar-refractivity contribution in [3.63, 3.8) is 0 Å². The van der Waals surface area contributed by atoms with E-state index in [1.807, 2.05) is 24.3 Å². The molecule has 2 N–H and O–H groups in total. The van der Waals surface area contributed by atoms with Crippen molar-refractivity contribution in [1.29, 1.82) is 0 Å². The molecule has 0 aliphatic carbocycles. The maximum atomic E-state index is 6.08. The zero-order valence-corrected chi connectivity index (χ0v) is 12.7. The molecular formula is C18H23NO. The fraction of sp³-hybridized carbons (Fsp3) is 0.333. The number of nitrogen functional groups attached to an aromatic ring is 1. The Morgan fingerprint density at radius 2 is 1.65 bits per heavy atom. The fourth-order valence-corrected chi connectivity index (χ4v) is 2.15. The van der Waals surface area contributed by atoms with Crippen LogP contribution in [0.1, 0.15) is 38.8 Å². The molecule has 0 aliphatic rings. The van der Waals surface area contributed by atoms with Gasteiger partial charge in [-0.2, -0.15) is 0 Å². The van der Waals surface area contributed by atoms with Crippen molar-refractivity contribution in [2.75, 3.05) is 5.73 Å². The SMILES string of the molecule is CCc1ccc(C(C)(C)C)c(Oc2ccc(N)cc2)c1. The van der Waals surface area contributed by atoms with Gasteiger partial charge in [0.1, 0.15) is 11.5 Å². The molecular weight excluding hydrogens is 246 g/mol. The molecule has 20 heavy (non-hydrogen) atoms. The highest BCUT2D eigenvalue weighted by molar-refractivity contribution is 5.47. The molecule has 0 bridgehead atoms. The Morgan fingerprint density at radius 1 is 1.00 bits per heavy atom. The van der Waals surface area contributed by atoms with Crippen LogP contribution in [0.4, 0.5) is 5.69 Å². The molecule has 0 saturated heterocycles. The standard InChI is InChI=1S/C18H23NO/c1-5-13-6-11-16(18(2,3)4)17(12-13)20-15-9-7-14(19)8-10-15/h6-12H,5,19H2,1-4H3. The summed E-state index contributed by atoms with van der Waals surface area (Å²) in [6.07, 6.45) is 1.00. The van der Waals surface area contributed by atoms with Crippen molar-refractivity contribution in [1.82, 2.24) is 0 Å². The minimum atomic E-state index is 0.0510. The van der Waals surface area contributed by atoms with Crippen LogP contribution >= 0.6 is 0 Å². The fourth-order valence-electron chi connectivity index (χ4n) is 2.15. The van der Waals surface area contributed by atoms with Gasteiger partial charge in [-0.3, -0.25) is 0 Å². The normalized spacial score (nSPS) is 11.4. The van der Waals surface area contributed by atoms with Crippen LogP contribution in [-0.4, -0.2) is 0 Å². The highest BCUT2D eigenvalue weighted by Crippen LogP contribution is 2.35. The maximum Gasteiger partial charge on any atom is 0.131 e. The topological polar surface area (TPSA) is 35.2 Å². The van der Waals surface area contributed by atoms with E-state index < -0.39 is 0 Å². The minimum Gasteiger partial charge on any atom is -0.457 e. The first-order chi connectivity index (χ1) is 9.40. The Labute approximate surface area is 121 Å². The van der Waals surface area contributed by atoms with E-state index in [4.69, 9.17) is 10.5 Å². The van der Waals surface area contributed by atoms with E-state index in [-0.39, 0.29) is 5.41 Å². The van der Waals surface area contributed by atoms with Crippen LogP contribution < -0.4 is 10.5 Å². The summed E-state index contributed by atoms with van der Waals surface area (Å²) in [6, 6.07) is 14.0. The smallest absolute Gasteiger partial charge is 0.131 e. The lowest BCUT2D eigenvalue weighted by molar-refractivity contribution is 0.455. The van der Waals surface area contributed by atoms with Crippen LogP contribution in [-0.2, 0) is 11.8 Å². The van der Waals surface area contributed by atoms with Crippen LogP contribution in [0.15, 0.2) is 42.5 Å². The first-order valence-electron chi connectivity index (χ1n) is 7.07. The maximum absolute atomic E-state index is 6.08. The van der Waals surface area contributed by atoms with Gasteiger partial charge in [-0.25, -0.2) is 0 Å². The van der Waals surface area contributed by atoms with Crippen molar-refractivity contribution in [2.45, 2.75) is 39.5 Å². The second-order valence-corrected chi connectivity index (χ2v) is 6.11. The molecule has 0 saturated carbocycles. The molecule has 0 amide bonds. The van der Waals surface area contributed by atoms with Crippen LogP contribution in [0.3, 0.4) is 0 Å². The van der Waals surface area contributed by atoms with E-state index in [9.17, 15) is 0 Å². The number of hydrogen-bond acceptors (Lipinski definition) is 2. The van der Waals surface area contributed by atoms with Gasteiger partial charge >= 0.3 is 0 Å². The molecule has 2 heteroatoms. The number of hydrogen-bond donors (Lipinski definition) is 1. The van der Waals surface area contributed by atoms with E-state index in [0.717, 1.165) is 23.6 Å². The number of benzene rings is 2. The summed E-state index contributed by atoms with van der Waals surface area (Å²) >= 11 is 0. The van der Waals surface area contributed by atoms with Gasteiger partial charge in [-0.05, 0) is 47.7 Å². The van der Waals surface area contributed by atoms with Crippen molar-refractivity contribution < 1.29 is 4.74 Å². The van der Waals surface area contributed by atoms with Crippen LogP contribution in [0, 0.1) is 0 Å². The Balaban J connectivity index is 2.40. The summed E-state index contributed by atoms with van der Waals surface area (Å²) in [4.78, 5) is 0. The molecule has 2 rings (SSSR count). The Kier molecular flexibility index (Phi) is 4.03. The third-order valence-corrected chi connectivity index (χ3v) is 3.37. The van der Waals surface area contributed by atoms with Crippen LogP contribution in [0.5, 0.6) is 11.5 Å². The van der Waals surface area contributed by atoms with Crippen molar-refractivity contribution in [3.8, 4) is 11.5 Å². The quantitative estimate of drug-likeness (QED) is 0.802. The average molecular weight is 269 g/mol. The highest BCUT2D eigenvalue weighted by Gasteiger charge is 2.19. The summed E-state index contributed by atoms with van der Waals surface area (Å²) < 4.78 is 6.08. The molecule has 0 radical (unpaired) electrons. The second kappa shape index (κ2) is 5.58. The first-order valence-corrected chi connectivity index (χ1v) is 7.07. The van der Waals surface area contributed by atoms with E-state index in [2.05, 4.69) is 45.9 Å². The van der Waals surface area contributed by atoms with Crippen LogP contribution in [0.2, 0.25) is 0 Å². The number of aryl methyl sites for hydroxylation is 1. The average Bonchev–Trinajstić information content (AvgIpc) is 2.40. The van der Waals surface area contributed by atoms with E-state index in [0.29, 0.717) is 0 Å². The Morgan fingerprint density at radius 3 is 2.20 bits per heavy atom. The van der Waals surface area contributed by atoms with E-state index in [1.165, 1.54) is 11.1 Å². The van der Waals surface area contributed by atoms with Gasteiger partial charge in [-0.1, -0.05) is 39.8 Å². The Hall–Kier alpha value is -1.96. The van der Waals surface area contributed by atoms with Crippen molar-refractivity contribution >= 4 is 5.69 Å².